The van der Waals surface area contributed by atoms with Crippen molar-refractivity contribution in [3.63, 3.8) is 0 Å². The molecule has 8 unspecified atom stereocenters. The predicted molar refractivity (Wildman–Crippen MR) is 140 cm³/mol. The first-order valence-corrected chi connectivity index (χ1v) is 14.0. The highest BCUT2D eigenvalue weighted by Gasteiger charge is 2.58. The number of rotatable bonds is 7. The average Bonchev–Trinajstić information content (AvgIpc) is 2.76. The van der Waals surface area contributed by atoms with Crippen LogP contribution in [0.1, 0.15) is 113 Å². The van der Waals surface area contributed by atoms with Crippen molar-refractivity contribution in [3.8, 4) is 0 Å². The molecule has 3 rings (SSSR count). The van der Waals surface area contributed by atoms with E-state index in [0.717, 1.165) is 25.2 Å². The Morgan fingerprint density at radius 2 is 1.85 bits per heavy atom. The fourth-order valence-electron chi connectivity index (χ4n) is 9.29. The smallest absolute Gasteiger partial charge is 0.306 e. The standard InChI is InChI=1S/C31H52O2/c1-9-11-18-30(7)23(5)31(8,20-16-25(30)22(4)28(32)33)26-15-19-29(6)17-12-14-21(3)27(29)24(26)13-10-2/h10,13,21-23,25-27H,2,9,11-12,14-20H2,1,3-8H3,(H,32,33)/b24-13+/t21?,22-,23?,25?,26?,27?,29?,30?,31?/m1/s1. The van der Waals surface area contributed by atoms with Gasteiger partial charge in [-0.1, -0.05) is 98.5 Å². The van der Waals surface area contributed by atoms with E-state index >= 15 is 0 Å². The number of carboxylic acids is 1. The van der Waals surface area contributed by atoms with Gasteiger partial charge < -0.3 is 5.11 Å². The van der Waals surface area contributed by atoms with Crippen LogP contribution in [0.3, 0.4) is 0 Å². The second-order valence-corrected chi connectivity index (χ2v) is 13.1. The Labute approximate surface area is 204 Å². The van der Waals surface area contributed by atoms with Gasteiger partial charge in [0.15, 0.2) is 0 Å². The largest absolute Gasteiger partial charge is 0.481 e. The zero-order chi connectivity index (χ0) is 24.6. The first-order valence-electron chi connectivity index (χ1n) is 14.0. The van der Waals surface area contributed by atoms with Gasteiger partial charge in [-0.2, -0.15) is 0 Å². The number of hydrogen-bond acceptors (Lipinski definition) is 1. The van der Waals surface area contributed by atoms with Gasteiger partial charge in [-0.15, -0.1) is 0 Å². The highest BCUT2D eigenvalue weighted by molar-refractivity contribution is 5.70. The van der Waals surface area contributed by atoms with Crippen LogP contribution in [-0.4, -0.2) is 11.1 Å². The molecule has 0 radical (unpaired) electrons. The van der Waals surface area contributed by atoms with Crippen LogP contribution < -0.4 is 0 Å². The summed E-state index contributed by atoms with van der Waals surface area (Å²) in [4.78, 5) is 12.1. The van der Waals surface area contributed by atoms with Crippen LogP contribution in [0, 0.1) is 51.8 Å². The van der Waals surface area contributed by atoms with Gasteiger partial charge in [0.1, 0.15) is 0 Å². The third-order valence-corrected chi connectivity index (χ3v) is 11.5. The molecule has 2 nitrogen and oxygen atoms in total. The molecule has 3 fully saturated rings. The maximum absolute atomic E-state index is 12.1. The van der Waals surface area contributed by atoms with Crippen molar-refractivity contribution in [1.29, 1.82) is 0 Å². The topological polar surface area (TPSA) is 37.3 Å². The minimum atomic E-state index is -0.616. The second kappa shape index (κ2) is 9.90. The lowest BCUT2D eigenvalue weighted by molar-refractivity contribution is -0.154. The molecule has 3 saturated carbocycles. The number of fused-ring (bicyclic) bond motifs is 1. The van der Waals surface area contributed by atoms with E-state index in [1.54, 1.807) is 5.57 Å². The van der Waals surface area contributed by atoms with Crippen molar-refractivity contribution >= 4 is 5.97 Å². The quantitative estimate of drug-likeness (QED) is 0.415. The predicted octanol–water partition coefficient (Wildman–Crippen LogP) is 8.92. The van der Waals surface area contributed by atoms with Crippen molar-refractivity contribution < 1.29 is 9.90 Å². The fourth-order valence-corrected chi connectivity index (χ4v) is 9.29. The van der Waals surface area contributed by atoms with Crippen molar-refractivity contribution in [2.75, 3.05) is 0 Å². The summed E-state index contributed by atoms with van der Waals surface area (Å²) in [5, 5.41) is 9.94. The number of aliphatic carboxylic acids is 1. The van der Waals surface area contributed by atoms with Gasteiger partial charge >= 0.3 is 5.97 Å². The molecule has 0 bridgehead atoms. The molecule has 33 heavy (non-hydrogen) atoms. The number of hydrogen-bond donors (Lipinski definition) is 1. The highest BCUT2D eigenvalue weighted by Crippen LogP contribution is 2.66. The van der Waals surface area contributed by atoms with Crippen LogP contribution in [-0.2, 0) is 4.79 Å². The van der Waals surface area contributed by atoms with Crippen molar-refractivity contribution in [2.45, 2.75) is 113 Å². The Bertz CT molecular complexity index is 752. The average molecular weight is 457 g/mol. The molecule has 0 heterocycles. The Morgan fingerprint density at radius 1 is 1.15 bits per heavy atom. The minimum absolute atomic E-state index is 0.0685. The van der Waals surface area contributed by atoms with E-state index in [1.807, 2.05) is 6.92 Å². The van der Waals surface area contributed by atoms with Crippen LogP contribution >= 0.6 is 0 Å². The van der Waals surface area contributed by atoms with Crippen molar-refractivity contribution in [1.82, 2.24) is 0 Å². The lowest BCUT2D eigenvalue weighted by atomic mass is 9.42. The van der Waals surface area contributed by atoms with E-state index in [4.69, 9.17) is 0 Å². The van der Waals surface area contributed by atoms with E-state index < -0.39 is 5.97 Å². The first kappa shape index (κ1) is 26.6. The maximum Gasteiger partial charge on any atom is 0.306 e. The summed E-state index contributed by atoms with van der Waals surface area (Å²) in [6, 6.07) is 0. The van der Waals surface area contributed by atoms with E-state index in [0.29, 0.717) is 23.2 Å². The zero-order valence-corrected chi connectivity index (χ0v) is 22.8. The molecule has 1 N–H and O–H groups in total. The maximum atomic E-state index is 12.1. The molecule has 0 amide bonds. The molecule has 188 valence electrons. The summed E-state index contributed by atoms with van der Waals surface area (Å²) in [5.74, 6) is 1.88. The van der Waals surface area contributed by atoms with Gasteiger partial charge in [-0.25, -0.2) is 0 Å². The third-order valence-electron chi connectivity index (χ3n) is 11.5. The first-order chi connectivity index (χ1) is 15.5. The SMILES string of the molecule is C=C/C=C1/C2C(C)CCCC2(C)CCC1C1(C)CCC([C@@H](C)C(=O)O)C(C)(CCCC)C1C. The lowest BCUT2D eigenvalue weighted by Crippen LogP contribution is -2.55. The number of allylic oxidation sites excluding steroid dienone is 3. The van der Waals surface area contributed by atoms with Crippen molar-refractivity contribution in [2.24, 2.45) is 51.8 Å². The second-order valence-electron chi connectivity index (χ2n) is 13.1. The van der Waals surface area contributed by atoms with Gasteiger partial charge in [0, 0.05) is 0 Å². The molecule has 0 aromatic carbocycles. The van der Waals surface area contributed by atoms with E-state index in [9.17, 15) is 9.90 Å². The monoisotopic (exact) mass is 456 g/mol. The highest BCUT2D eigenvalue weighted by atomic mass is 16.4. The van der Waals surface area contributed by atoms with E-state index in [-0.39, 0.29) is 22.7 Å². The van der Waals surface area contributed by atoms with Gasteiger partial charge in [-0.3, -0.25) is 4.79 Å². The summed E-state index contributed by atoms with van der Waals surface area (Å²) in [5.41, 5.74) is 2.40. The minimum Gasteiger partial charge on any atom is -0.481 e. The van der Waals surface area contributed by atoms with Gasteiger partial charge in [0.2, 0.25) is 0 Å². The molecular weight excluding hydrogens is 404 g/mol. The van der Waals surface area contributed by atoms with Crippen molar-refractivity contribution in [3.05, 3.63) is 24.3 Å². The molecule has 3 aliphatic carbocycles. The van der Waals surface area contributed by atoms with Gasteiger partial charge in [0.05, 0.1) is 5.92 Å². The Balaban J connectivity index is 2.02. The summed E-state index contributed by atoms with van der Waals surface area (Å²) in [6.45, 7) is 20.9. The molecule has 9 atom stereocenters. The molecule has 0 spiro atoms. The van der Waals surface area contributed by atoms with Gasteiger partial charge in [0.25, 0.3) is 0 Å². The molecule has 0 aliphatic heterocycles. The Hall–Kier alpha value is -1.05. The molecule has 3 aliphatic rings. The van der Waals surface area contributed by atoms with Crippen LogP contribution in [0.15, 0.2) is 24.3 Å². The zero-order valence-electron chi connectivity index (χ0n) is 22.8. The number of carbonyl (C=O) groups is 1. The summed E-state index contributed by atoms with van der Waals surface area (Å²) in [7, 11) is 0. The normalized spacial score (nSPS) is 45.9. The van der Waals surface area contributed by atoms with Crippen LogP contribution in [0.4, 0.5) is 0 Å². The lowest BCUT2D eigenvalue weighted by Gasteiger charge is -2.62. The van der Waals surface area contributed by atoms with E-state index in [1.165, 1.54) is 44.9 Å². The summed E-state index contributed by atoms with van der Waals surface area (Å²) >= 11 is 0. The summed E-state index contributed by atoms with van der Waals surface area (Å²) < 4.78 is 0. The number of unbranched alkanes of at least 4 members (excludes halogenated alkanes) is 1. The summed E-state index contributed by atoms with van der Waals surface area (Å²) in [6.07, 6.45) is 16.9. The molecule has 0 saturated heterocycles. The molecule has 0 aromatic rings. The fraction of sp³-hybridized carbons (Fsp3) is 0.839. The van der Waals surface area contributed by atoms with E-state index in [2.05, 4.69) is 60.3 Å². The van der Waals surface area contributed by atoms with Crippen LogP contribution in [0.5, 0.6) is 0 Å². The molecule has 2 heteroatoms. The number of carboxylic acid groups (broad SMARTS) is 1. The molecular formula is C31H52O2. The Kier molecular flexibility index (Phi) is 7.97. The Morgan fingerprint density at radius 3 is 2.45 bits per heavy atom. The third kappa shape index (κ3) is 4.50. The van der Waals surface area contributed by atoms with Crippen LogP contribution in [0.25, 0.3) is 0 Å². The van der Waals surface area contributed by atoms with Gasteiger partial charge in [-0.05, 0) is 84.4 Å². The van der Waals surface area contributed by atoms with Crippen LogP contribution in [0.2, 0.25) is 0 Å². The molecule has 0 aromatic heterocycles.